The number of hydrogen-bond acceptors (Lipinski definition) is 4. The molecule has 5 heteroatoms. The van der Waals surface area contributed by atoms with Crippen molar-refractivity contribution in [3.8, 4) is 6.07 Å². The average molecular weight is 289 g/mol. The summed E-state index contributed by atoms with van der Waals surface area (Å²) >= 11 is 3.45. The van der Waals surface area contributed by atoms with Crippen LogP contribution in [-0.2, 0) is 0 Å². The Morgan fingerprint density at radius 3 is 2.94 bits per heavy atom. The molecule has 0 saturated carbocycles. The Bertz CT molecular complexity index is 589. The van der Waals surface area contributed by atoms with Gasteiger partial charge < -0.3 is 5.32 Å². The molecule has 0 fully saturated rings. The average Bonchev–Trinajstić information content (AvgIpc) is 2.35. The van der Waals surface area contributed by atoms with Crippen LogP contribution >= 0.6 is 15.9 Å². The molecule has 1 heterocycles. The van der Waals surface area contributed by atoms with E-state index in [1.165, 1.54) is 0 Å². The second-order valence-corrected chi connectivity index (χ2v) is 4.27. The van der Waals surface area contributed by atoms with E-state index < -0.39 is 0 Å². The number of aromatic nitrogens is 2. The summed E-state index contributed by atoms with van der Waals surface area (Å²) in [7, 11) is 0. The van der Waals surface area contributed by atoms with Crippen molar-refractivity contribution in [2.24, 2.45) is 0 Å². The predicted octanol–water partition coefficient (Wildman–Crippen LogP) is 3.16. The van der Waals surface area contributed by atoms with Gasteiger partial charge in [0.1, 0.15) is 11.8 Å². The summed E-state index contributed by atoms with van der Waals surface area (Å²) in [5.74, 6) is 0.422. The van der Waals surface area contributed by atoms with Gasteiger partial charge in [0.25, 0.3) is 0 Å². The van der Waals surface area contributed by atoms with E-state index in [1.54, 1.807) is 12.3 Å². The molecule has 1 N–H and O–H groups in total. The highest BCUT2D eigenvalue weighted by atomic mass is 79.9. The second-order valence-electron chi connectivity index (χ2n) is 3.41. The quantitative estimate of drug-likeness (QED) is 0.922. The molecule has 0 amide bonds. The van der Waals surface area contributed by atoms with Gasteiger partial charge in [0.2, 0.25) is 5.95 Å². The smallest absolute Gasteiger partial charge is 0.228 e. The minimum Gasteiger partial charge on any atom is -0.324 e. The number of hydrogen-bond donors (Lipinski definition) is 1. The fraction of sp³-hybridized carbons (Fsp3) is 0.0833. The van der Waals surface area contributed by atoms with Crippen molar-refractivity contribution >= 4 is 27.6 Å². The first-order chi connectivity index (χ1) is 8.20. The predicted molar refractivity (Wildman–Crippen MR) is 68.9 cm³/mol. The number of benzene rings is 1. The molecule has 0 aliphatic carbocycles. The van der Waals surface area contributed by atoms with Crippen LogP contribution in [0.25, 0.3) is 0 Å². The van der Waals surface area contributed by atoms with Crippen LogP contribution in [-0.4, -0.2) is 9.97 Å². The van der Waals surface area contributed by atoms with Crippen LogP contribution < -0.4 is 5.32 Å². The van der Waals surface area contributed by atoms with Crippen molar-refractivity contribution < 1.29 is 0 Å². The van der Waals surface area contributed by atoms with Gasteiger partial charge in [-0.1, -0.05) is 22.0 Å². The Labute approximate surface area is 107 Å². The van der Waals surface area contributed by atoms with Gasteiger partial charge in [0, 0.05) is 16.4 Å². The maximum Gasteiger partial charge on any atom is 0.228 e. The van der Waals surface area contributed by atoms with Gasteiger partial charge in [0.05, 0.1) is 0 Å². The molecule has 1 aromatic heterocycles. The monoisotopic (exact) mass is 288 g/mol. The van der Waals surface area contributed by atoms with E-state index in [4.69, 9.17) is 5.26 Å². The zero-order valence-electron chi connectivity index (χ0n) is 9.11. The molecule has 0 spiro atoms. The maximum absolute atomic E-state index is 8.75. The molecule has 4 nitrogen and oxygen atoms in total. The van der Waals surface area contributed by atoms with Crippen molar-refractivity contribution in [1.29, 1.82) is 5.26 Å². The molecule has 0 saturated heterocycles. The molecule has 0 bridgehead atoms. The van der Waals surface area contributed by atoms with Crippen molar-refractivity contribution in [2.45, 2.75) is 6.92 Å². The molecule has 2 rings (SSSR count). The minimum atomic E-state index is 0.343. The van der Waals surface area contributed by atoms with E-state index in [1.807, 2.05) is 31.2 Å². The molecule has 0 atom stereocenters. The van der Waals surface area contributed by atoms with E-state index in [0.29, 0.717) is 11.6 Å². The first-order valence-corrected chi connectivity index (χ1v) is 5.75. The third kappa shape index (κ3) is 2.60. The van der Waals surface area contributed by atoms with Gasteiger partial charge in [-0.3, -0.25) is 0 Å². The number of halogens is 1. The van der Waals surface area contributed by atoms with Crippen molar-refractivity contribution in [1.82, 2.24) is 9.97 Å². The molecular formula is C12H9BrN4. The first kappa shape index (κ1) is 11.6. The number of nitriles is 1. The van der Waals surface area contributed by atoms with Crippen LogP contribution in [0, 0.1) is 18.3 Å². The van der Waals surface area contributed by atoms with Crippen LogP contribution in [0.5, 0.6) is 0 Å². The van der Waals surface area contributed by atoms with Crippen molar-refractivity contribution in [2.75, 3.05) is 5.32 Å². The third-order valence-corrected chi connectivity index (χ3v) is 3.14. The first-order valence-electron chi connectivity index (χ1n) is 4.96. The maximum atomic E-state index is 8.75. The molecule has 0 aliphatic rings. The SMILES string of the molecule is Cc1c(Br)cccc1Nc1nccc(C#N)n1. The molecule has 84 valence electrons. The van der Waals surface area contributed by atoms with Gasteiger partial charge in [0.15, 0.2) is 0 Å². The van der Waals surface area contributed by atoms with Crippen LogP contribution in [0.2, 0.25) is 0 Å². The van der Waals surface area contributed by atoms with E-state index in [0.717, 1.165) is 15.7 Å². The van der Waals surface area contributed by atoms with Crippen LogP contribution in [0.15, 0.2) is 34.9 Å². The number of nitrogens with one attached hydrogen (secondary N) is 1. The lowest BCUT2D eigenvalue weighted by molar-refractivity contribution is 1.14. The summed E-state index contributed by atoms with van der Waals surface area (Å²) in [4.78, 5) is 8.12. The number of anilines is 2. The van der Waals surface area contributed by atoms with Gasteiger partial charge >= 0.3 is 0 Å². The third-order valence-electron chi connectivity index (χ3n) is 2.28. The fourth-order valence-corrected chi connectivity index (χ4v) is 1.71. The molecule has 17 heavy (non-hydrogen) atoms. The van der Waals surface area contributed by atoms with E-state index in [-0.39, 0.29) is 0 Å². The summed E-state index contributed by atoms with van der Waals surface area (Å²) in [5.41, 5.74) is 2.32. The highest BCUT2D eigenvalue weighted by Crippen LogP contribution is 2.25. The minimum absolute atomic E-state index is 0.343. The number of nitrogens with zero attached hydrogens (tertiary/aromatic N) is 3. The fourth-order valence-electron chi connectivity index (χ4n) is 1.34. The van der Waals surface area contributed by atoms with Crippen molar-refractivity contribution in [3.05, 3.63) is 46.2 Å². The lowest BCUT2D eigenvalue weighted by Gasteiger charge is -2.08. The van der Waals surface area contributed by atoms with Gasteiger partial charge in [-0.05, 0) is 30.7 Å². The summed E-state index contributed by atoms with van der Waals surface area (Å²) < 4.78 is 1.01. The standard InChI is InChI=1S/C12H9BrN4/c1-8-10(13)3-2-4-11(8)17-12-15-6-5-9(7-14)16-12/h2-6H,1H3,(H,15,16,17). The lowest BCUT2D eigenvalue weighted by atomic mass is 10.2. The number of rotatable bonds is 2. The van der Waals surface area contributed by atoms with E-state index in [9.17, 15) is 0 Å². The summed E-state index contributed by atoms with van der Waals surface area (Å²) in [6.07, 6.45) is 1.56. The highest BCUT2D eigenvalue weighted by Gasteiger charge is 2.04. The Morgan fingerprint density at radius 1 is 1.35 bits per heavy atom. The lowest BCUT2D eigenvalue weighted by Crippen LogP contribution is -1.99. The van der Waals surface area contributed by atoms with E-state index in [2.05, 4.69) is 31.2 Å². The topological polar surface area (TPSA) is 61.6 Å². The van der Waals surface area contributed by atoms with Crippen LogP contribution in [0.3, 0.4) is 0 Å². The Morgan fingerprint density at radius 2 is 2.18 bits per heavy atom. The van der Waals surface area contributed by atoms with Gasteiger partial charge in [-0.25, -0.2) is 9.97 Å². The van der Waals surface area contributed by atoms with Gasteiger partial charge in [-0.2, -0.15) is 5.26 Å². The summed E-state index contributed by atoms with van der Waals surface area (Å²) in [5, 5.41) is 11.8. The molecular weight excluding hydrogens is 280 g/mol. The van der Waals surface area contributed by atoms with Gasteiger partial charge in [-0.15, -0.1) is 0 Å². The van der Waals surface area contributed by atoms with Crippen molar-refractivity contribution in [3.63, 3.8) is 0 Å². The van der Waals surface area contributed by atoms with E-state index >= 15 is 0 Å². The Hall–Kier alpha value is -1.93. The zero-order chi connectivity index (χ0) is 12.3. The zero-order valence-corrected chi connectivity index (χ0v) is 10.7. The largest absolute Gasteiger partial charge is 0.324 e. The van der Waals surface area contributed by atoms with Crippen LogP contribution in [0.4, 0.5) is 11.6 Å². The summed E-state index contributed by atoms with van der Waals surface area (Å²) in [6, 6.07) is 9.37. The molecule has 0 radical (unpaired) electrons. The highest BCUT2D eigenvalue weighted by molar-refractivity contribution is 9.10. The van der Waals surface area contributed by atoms with Crippen LogP contribution in [0.1, 0.15) is 11.3 Å². The second kappa shape index (κ2) is 4.93. The Balaban J connectivity index is 2.32. The normalized spacial score (nSPS) is 9.71. The molecule has 2 aromatic rings. The molecule has 1 aromatic carbocycles. The molecule has 0 aliphatic heterocycles. The summed E-state index contributed by atoms with van der Waals surface area (Å²) in [6.45, 7) is 1.99. The Kier molecular flexibility index (Phi) is 3.35. The molecule has 0 unspecified atom stereocenters.